The van der Waals surface area contributed by atoms with Crippen LogP contribution >= 0.6 is 11.6 Å². The highest BCUT2D eigenvalue weighted by Crippen LogP contribution is 2.28. The summed E-state index contributed by atoms with van der Waals surface area (Å²) >= 11 is 5.59. The fourth-order valence-electron chi connectivity index (χ4n) is 3.05. The Hall–Kier alpha value is -2.63. The first-order valence-electron chi connectivity index (χ1n) is 8.62. The smallest absolute Gasteiger partial charge is 0.336 e. The number of aryl methyl sites for hydroxylation is 2. The molecule has 0 radical (unpaired) electrons. The number of aromatic nitrogens is 1. The van der Waals surface area contributed by atoms with Gasteiger partial charge in [0.1, 0.15) is 0 Å². The van der Waals surface area contributed by atoms with Crippen LogP contribution in [0.25, 0.3) is 22.2 Å². The molecule has 3 aromatic rings. The van der Waals surface area contributed by atoms with E-state index >= 15 is 0 Å². The van der Waals surface area contributed by atoms with Gasteiger partial charge in [-0.15, -0.1) is 11.6 Å². The molecule has 0 aliphatic rings. The molecule has 0 spiro atoms. The van der Waals surface area contributed by atoms with Crippen molar-refractivity contribution in [2.75, 3.05) is 17.7 Å². The predicted molar refractivity (Wildman–Crippen MR) is 109 cm³/mol. The number of carboxylic acid groups (broad SMARTS) is 1. The van der Waals surface area contributed by atoms with Gasteiger partial charge in [-0.25, -0.2) is 9.78 Å². The lowest BCUT2D eigenvalue weighted by Crippen LogP contribution is -2.20. The van der Waals surface area contributed by atoms with Crippen LogP contribution in [0, 0.1) is 13.8 Å². The van der Waals surface area contributed by atoms with Gasteiger partial charge in [-0.3, -0.25) is 0 Å². The van der Waals surface area contributed by atoms with Crippen LogP contribution in [0.1, 0.15) is 21.5 Å². The normalized spacial score (nSPS) is 12.1. The molecule has 2 aromatic carbocycles. The van der Waals surface area contributed by atoms with Crippen LogP contribution < -0.4 is 5.32 Å². The number of aliphatic hydroxyl groups excluding tert-OH is 1. The highest BCUT2D eigenvalue weighted by Gasteiger charge is 2.15. The minimum absolute atomic E-state index is 0.170. The molecule has 0 bridgehead atoms. The second kappa shape index (κ2) is 7.94. The van der Waals surface area contributed by atoms with Crippen molar-refractivity contribution in [1.82, 2.24) is 4.98 Å². The van der Waals surface area contributed by atoms with Crippen molar-refractivity contribution in [3.05, 3.63) is 59.2 Å². The van der Waals surface area contributed by atoms with Gasteiger partial charge in [0.15, 0.2) is 0 Å². The SMILES string of the molecule is Cc1cc(C)c2nc(-c3ccc(NCC(O)CCl)cc3)cc(C(=O)O)c2c1. The number of nitrogens with zero attached hydrogens (tertiary/aromatic N) is 1. The van der Waals surface area contributed by atoms with E-state index in [0.717, 1.165) is 22.4 Å². The van der Waals surface area contributed by atoms with Crippen LogP contribution in [0.2, 0.25) is 0 Å². The maximum absolute atomic E-state index is 11.8. The van der Waals surface area contributed by atoms with Crippen molar-refractivity contribution >= 4 is 34.2 Å². The molecule has 1 aromatic heterocycles. The van der Waals surface area contributed by atoms with Crippen LogP contribution in [0.4, 0.5) is 5.69 Å². The average Bonchev–Trinajstić information content (AvgIpc) is 2.65. The number of pyridine rings is 1. The zero-order valence-corrected chi connectivity index (χ0v) is 15.9. The first-order valence-corrected chi connectivity index (χ1v) is 9.16. The highest BCUT2D eigenvalue weighted by atomic mass is 35.5. The van der Waals surface area contributed by atoms with Crippen molar-refractivity contribution in [3.8, 4) is 11.3 Å². The van der Waals surface area contributed by atoms with Gasteiger partial charge in [0.2, 0.25) is 0 Å². The van der Waals surface area contributed by atoms with E-state index in [1.54, 1.807) is 6.07 Å². The summed E-state index contributed by atoms with van der Waals surface area (Å²) in [6.45, 7) is 4.24. The second-order valence-corrected chi connectivity index (χ2v) is 6.91. The van der Waals surface area contributed by atoms with Crippen molar-refractivity contribution in [1.29, 1.82) is 0 Å². The van der Waals surface area contributed by atoms with Crippen molar-refractivity contribution in [2.45, 2.75) is 20.0 Å². The zero-order chi connectivity index (χ0) is 19.6. The standard InChI is InChI=1S/C21H21ClN2O3/c1-12-7-13(2)20-17(8-12)18(21(26)27)9-19(24-20)14-3-5-15(6-4-14)23-11-16(25)10-22/h3-9,16,23,25H,10-11H2,1-2H3,(H,26,27). The van der Waals surface area contributed by atoms with E-state index in [2.05, 4.69) is 5.32 Å². The Labute approximate surface area is 162 Å². The third-order valence-electron chi connectivity index (χ3n) is 4.38. The zero-order valence-electron chi connectivity index (χ0n) is 15.2. The highest BCUT2D eigenvalue weighted by molar-refractivity contribution is 6.18. The van der Waals surface area contributed by atoms with E-state index in [4.69, 9.17) is 16.6 Å². The fourth-order valence-corrected chi connectivity index (χ4v) is 3.16. The van der Waals surface area contributed by atoms with Crippen molar-refractivity contribution < 1.29 is 15.0 Å². The van der Waals surface area contributed by atoms with Gasteiger partial charge in [0, 0.05) is 23.2 Å². The third-order valence-corrected chi connectivity index (χ3v) is 4.74. The monoisotopic (exact) mass is 384 g/mol. The number of rotatable bonds is 6. The molecule has 27 heavy (non-hydrogen) atoms. The summed E-state index contributed by atoms with van der Waals surface area (Å²) in [6, 6.07) is 13.0. The van der Waals surface area contributed by atoms with Crippen LogP contribution in [0.3, 0.4) is 0 Å². The predicted octanol–water partition coefficient (Wildman–Crippen LogP) is 4.23. The number of carbonyl (C=O) groups is 1. The maximum Gasteiger partial charge on any atom is 0.336 e. The number of hydrogen-bond acceptors (Lipinski definition) is 4. The molecule has 140 valence electrons. The van der Waals surface area contributed by atoms with E-state index in [-0.39, 0.29) is 11.4 Å². The summed E-state index contributed by atoms with van der Waals surface area (Å²) < 4.78 is 0. The molecular formula is C21H21ClN2O3. The molecule has 1 unspecified atom stereocenters. The molecule has 6 heteroatoms. The molecule has 0 saturated heterocycles. The summed E-state index contributed by atoms with van der Waals surface area (Å²) in [4.78, 5) is 16.5. The molecule has 0 amide bonds. The Kier molecular flexibility index (Phi) is 5.63. The first kappa shape index (κ1) is 19.1. The van der Waals surface area contributed by atoms with E-state index in [9.17, 15) is 15.0 Å². The fraction of sp³-hybridized carbons (Fsp3) is 0.238. The van der Waals surface area contributed by atoms with Gasteiger partial charge in [0.05, 0.1) is 28.8 Å². The lowest BCUT2D eigenvalue weighted by atomic mass is 10.00. The molecule has 1 heterocycles. The van der Waals surface area contributed by atoms with Crippen LogP contribution in [-0.4, -0.2) is 39.7 Å². The third kappa shape index (κ3) is 4.21. The van der Waals surface area contributed by atoms with Crippen LogP contribution in [0.5, 0.6) is 0 Å². The Bertz CT molecular complexity index is 987. The van der Waals surface area contributed by atoms with Gasteiger partial charge in [-0.2, -0.15) is 0 Å². The Morgan fingerprint density at radius 3 is 2.52 bits per heavy atom. The Morgan fingerprint density at radius 2 is 1.89 bits per heavy atom. The van der Waals surface area contributed by atoms with Crippen molar-refractivity contribution in [2.24, 2.45) is 0 Å². The summed E-state index contributed by atoms with van der Waals surface area (Å²) in [5.41, 5.74) is 5.17. The minimum Gasteiger partial charge on any atom is -0.478 e. The van der Waals surface area contributed by atoms with Crippen LogP contribution in [0.15, 0.2) is 42.5 Å². The van der Waals surface area contributed by atoms with Gasteiger partial charge in [-0.1, -0.05) is 23.8 Å². The summed E-state index contributed by atoms with van der Waals surface area (Å²) in [5.74, 6) is -0.801. The van der Waals surface area contributed by atoms with E-state index in [1.165, 1.54) is 0 Å². The van der Waals surface area contributed by atoms with Crippen LogP contribution in [-0.2, 0) is 0 Å². The number of fused-ring (bicyclic) bond motifs is 1. The van der Waals surface area contributed by atoms with Gasteiger partial charge >= 0.3 is 5.97 Å². The topological polar surface area (TPSA) is 82.5 Å². The summed E-state index contributed by atoms with van der Waals surface area (Å²) in [7, 11) is 0. The number of alkyl halides is 1. The Balaban J connectivity index is 2.00. The average molecular weight is 385 g/mol. The number of benzene rings is 2. The number of aromatic carboxylic acids is 1. The molecule has 3 rings (SSSR count). The molecule has 1 atom stereocenters. The molecule has 0 fully saturated rings. The number of nitrogens with one attached hydrogen (secondary N) is 1. The molecule has 0 aliphatic heterocycles. The molecule has 0 saturated carbocycles. The van der Waals surface area contributed by atoms with E-state index < -0.39 is 12.1 Å². The number of carboxylic acids is 1. The minimum atomic E-state index is -0.970. The number of aliphatic hydroxyl groups is 1. The molecule has 0 aliphatic carbocycles. The largest absolute Gasteiger partial charge is 0.478 e. The van der Waals surface area contributed by atoms with Gasteiger partial charge < -0.3 is 15.5 Å². The summed E-state index contributed by atoms with van der Waals surface area (Å²) in [5, 5.41) is 22.9. The molecule has 5 nitrogen and oxygen atoms in total. The maximum atomic E-state index is 11.8. The summed E-state index contributed by atoms with van der Waals surface area (Å²) in [6.07, 6.45) is -0.613. The van der Waals surface area contributed by atoms with Crippen molar-refractivity contribution in [3.63, 3.8) is 0 Å². The second-order valence-electron chi connectivity index (χ2n) is 6.60. The van der Waals surface area contributed by atoms with Gasteiger partial charge in [0.25, 0.3) is 0 Å². The quantitative estimate of drug-likeness (QED) is 0.554. The molecule has 3 N–H and O–H groups in total. The lowest BCUT2D eigenvalue weighted by Gasteiger charge is -2.12. The molecular weight excluding hydrogens is 364 g/mol. The number of anilines is 1. The number of halogens is 1. The van der Waals surface area contributed by atoms with Gasteiger partial charge in [-0.05, 0) is 43.7 Å². The Morgan fingerprint density at radius 1 is 1.19 bits per heavy atom. The first-order chi connectivity index (χ1) is 12.9. The van der Waals surface area contributed by atoms with E-state index in [0.29, 0.717) is 23.1 Å². The number of hydrogen-bond donors (Lipinski definition) is 3. The lowest BCUT2D eigenvalue weighted by molar-refractivity contribution is 0.0699. The van der Waals surface area contributed by atoms with E-state index in [1.807, 2.05) is 50.2 Å².